The van der Waals surface area contributed by atoms with Crippen LogP contribution in [-0.4, -0.2) is 13.1 Å². The molecular weight excluding hydrogens is 243 g/mol. The quantitative estimate of drug-likeness (QED) is 0.608. The molecule has 0 saturated heterocycles. The Kier molecular flexibility index (Phi) is 5.85. The van der Waals surface area contributed by atoms with Crippen molar-refractivity contribution in [3.05, 3.63) is 46.5 Å². The predicted molar refractivity (Wildman–Crippen MR) is 71.1 cm³/mol. The van der Waals surface area contributed by atoms with Gasteiger partial charge in [0.25, 0.3) is 0 Å². The van der Waals surface area contributed by atoms with Gasteiger partial charge in [0, 0.05) is 22.6 Å². The summed E-state index contributed by atoms with van der Waals surface area (Å²) in [5, 5.41) is 4.59. The highest BCUT2D eigenvalue weighted by molar-refractivity contribution is 6.34. The Morgan fingerprint density at radius 3 is 2.44 bits per heavy atom. The van der Waals surface area contributed by atoms with Crippen molar-refractivity contribution in [2.24, 2.45) is 5.73 Å². The standard InChI is InChI=1S/C12H16Cl2N2/c1-2-3-4-16-12(8-15)9-5-10(13)7-11(14)6-9/h2,5-7,12,16H,1,3-4,8,15H2. The Bertz CT molecular complexity index is 333. The van der Waals surface area contributed by atoms with E-state index in [9.17, 15) is 0 Å². The summed E-state index contributed by atoms with van der Waals surface area (Å²) in [5.41, 5.74) is 6.73. The van der Waals surface area contributed by atoms with Gasteiger partial charge in [0.2, 0.25) is 0 Å². The lowest BCUT2D eigenvalue weighted by atomic mass is 10.1. The molecule has 16 heavy (non-hydrogen) atoms. The highest BCUT2D eigenvalue weighted by atomic mass is 35.5. The van der Waals surface area contributed by atoms with E-state index in [4.69, 9.17) is 28.9 Å². The minimum absolute atomic E-state index is 0.0798. The Morgan fingerprint density at radius 2 is 1.94 bits per heavy atom. The third kappa shape index (κ3) is 4.14. The molecule has 1 aromatic carbocycles. The average molecular weight is 259 g/mol. The number of nitrogens with one attached hydrogen (secondary N) is 1. The van der Waals surface area contributed by atoms with Gasteiger partial charge in [-0.1, -0.05) is 29.3 Å². The van der Waals surface area contributed by atoms with Crippen molar-refractivity contribution < 1.29 is 0 Å². The van der Waals surface area contributed by atoms with E-state index in [1.165, 1.54) is 0 Å². The molecule has 0 saturated carbocycles. The summed E-state index contributed by atoms with van der Waals surface area (Å²) < 4.78 is 0. The summed E-state index contributed by atoms with van der Waals surface area (Å²) in [7, 11) is 0. The smallest absolute Gasteiger partial charge is 0.0445 e. The molecule has 0 aromatic heterocycles. The first-order chi connectivity index (χ1) is 7.67. The van der Waals surface area contributed by atoms with Crippen molar-refractivity contribution in [3.63, 3.8) is 0 Å². The normalized spacial score (nSPS) is 12.4. The summed E-state index contributed by atoms with van der Waals surface area (Å²) in [5.74, 6) is 0. The van der Waals surface area contributed by atoms with Crippen LogP contribution in [0.3, 0.4) is 0 Å². The van der Waals surface area contributed by atoms with Gasteiger partial charge in [0.1, 0.15) is 0 Å². The van der Waals surface area contributed by atoms with Crippen LogP contribution in [0, 0.1) is 0 Å². The zero-order chi connectivity index (χ0) is 12.0. The molecule has 3 N–H and O–H groups in total. The van der Waals surface area contributed by atoms with Crippen LogP contribution in [0.4, 0.5) is 0 Å². The van der Waals surface area contributed by atoms with Crippen LogP contribution in [0.15, 0.2) is 30.9 Å². The summed E-state index contributed by atoms with van der Waals surface area (Å²) in [6.45, 7) is 5.02. The number of nitrogens with two attached hydrogens (primary N) is 1. The minimum atomic E-state index is 0.0798. The molecule has 88 valence electrons. The Balaban J connectivity index is 2.73. The maximum atomic E-state index is 5.94. The Morgan fingerprint density at radius 1 is 1.31 bits per heavy atom. The fourth-order valence-corrected chi connectivity index (χ4v) is 2.02. The zero-order valence-corrected chi connectivity index (χ0v) is 10.6. The summed E-state index contributed by atoms with van der Waals surface area (Å²) in [6.07, 6.45) is 2.77. The summed E-state index contributed by atoms with van der Waals surface area (Å²) in [4.78, 5) is 0. The fraction of sp³-hybridized carbons (Fsp3) is 0.333. The molecule has 0 aliphatic carbocycles. The molecule has 0 bridgehead atoms. The lowest BCUT2D eigenvalue weighted by Crippen LogP contribution is -2.28. The summed E-state index contributed by atoms with van der Waals surface area (Å²) in [6, 6.07) is 5.55. The first-order valence-electron chi connectivity index (χ1n) is 5.17. The van der Waals surface area contributed by atoms with E-state index < -0.39 is 0 Å². The Hall–Kier alpha value is -0.540. The van der Waals surface area contributed by atoms with Crippen molar-refractivity contribution in [1.82, 2.24) is 5.32 Å². The molecule has 4 heteroatoms. The van der Waals surface area contributed by atoms with Crippen LogP contribution in [0.25, 0.3) is 0 Å². The van der Waals surface area contributed by atoms with Crippen molar-refractivity contribution in [2.75, 3.05) is 13.1 Å². The highest BCUT2D eigenvalue weighted by Gasteiger charge is 2.09. The first-order valence-corrected chi connectivity index (χ1v) is 5.93. The van der Waals surface area contributed by atoms with E-state index in [-0.39, 0.29) is 6.04 Å². The van der Waals surface area contributed by atoms with Crippen molar-refractivity contribution >= 4 is 23.2 Å². The molecule has 0 radical (unpaired) electrons. The lowest BCUT2D eigenvalue weighted by molar-refractivity contribution is 0.548. The van der Waals surface area contributed by atoms with Crippen LogP contribution in [0.2, 0.25) is 10.0 Å². The van der Waals surface area contributed by atoms with E-state index in [1.807, 2.05) is 18.2 Å². The van der Waals surface area contributed by atoms with Gasteiger partial charge in [0.15, 0.2) is 0 Å². The Labute approximate surface area is 106 Å². The molecule has 1 aromatic rings. The van der Waals surface area contributed by atoms with Crippen LogP contribution >= 0.6 is 23.2 Å². The van der Waals surface area contributed by atoms with E-state index in [2.05, 4.69) is 11.9 Å². The number of benzene rings is 1. The molecule has 0 heterocycles. The predicted octanol–water partition coefficient (Wildman–Crippen LogP) is 3.16. The van der Waals surface area contributed by atoms with Gasteiger partial charge in [-0.25, -0.2) is 0 Å². The lowest BCUT2D eigenvalue weighted by Gasteiger charge is -2.17. The SMILES string of the molecule is C=CCCNC(CN)c1cc(Cl)cc(Cl)c1. The zero-order valence-electron chi connectivity index (χ0n) is 9.05. The third-order valence-electron chi connectivity index (χ3n) is 2.26. The van der Waals surface area contributed by atoms with E-state index in [0.29, 0.717) is 16.6 Å². The molecule has 0 fully saturated rings. The van der Waals surface area contributed by atoms with Crippen LogP contribution in [0.1, 0.15) is 18.0 Å². The van der Waals surface area contributed by atoms with Gasteiger partial charge in [-0.05, 0) is 36.7 Å². The van der Waals surface area contributed by atoms with E-state index in [1.54, 1.807) is 6.07 Å². The number of hydrogen-bond donors (Lipinski definition) is 2. The van der Waals surface area contributed by atoms with Gasteiger partial charge in [0.05, 0.1) is 0 Å². The molecule has 0 aliphatic rings. The second-order valence-corrected chi connectivity index (χ2v) is 4.40. The molecule has 1 atom stereocenters. The monoisotopic (exact) mass is 258 g/mol. The molecular formula is C12H16Cl2N2. The van der Waals surface area contributed by atoms with Crippen LogP contribution in [-0.2, 0) is 0 Å². The van der Waals surface area contributed by atoms with E-state index >= 15 is 0 Å². The second kappa shape index (κ2) is 6.92. The maximum Gasteiger partial charge on any atom is 0.0445 e. The van der Waals surface area contributed by atoms with Crippen molar-refractivity contribution in [1.29, 1.82) is 0 Å². The van der Waals surface area contributed by atoms with Gasteiger partial charge < -0.3 is 11.1 Å². The van der Waals surface area contributed by atoms with Gasteiger partial charge >= 0.3 is 0 Å². The largest absolute Gasteiger partial charge is 0.329 e. The number of rotatable bonds is 6. The van der Waals surface area contributed by atoms with Crippen LogP contribution in [0.5, 0.6) is 0 Å². The maximum absolute atomic E-state index is 5.94. The fourth-order valence-electron chi connectivity index (χ4n) is 1.47. The molecule has 1 unspecified atom stereocenters. The van der Waals surface area contributed by atoms with Crippen molar-refractivity contribution in [3.8, 4) is 0 Å². The minimum Gasteiger partial charge on any atom is -0.329 e. The highest BCUT2D eigenvalue weighted by Crippen LogP contribution is 2.23. The summed E-state index contributed by atoms with van der Waals surface area (Å²) >= 11 is 11.9. The topological polar surface area (TPSA) is 38.0 Å². The average Bonchev–Trinajstić information content (AvgIpc) is 2.23. The van der Waals surface area contributed by atoms with Crippen molar-refractivity contribution in [2.45, 2.75) is 12.5 Å². The van der Waals surface area contributed by atoms with Gasteiger partial charge in [-0.15, -0.1) is 6.58 Å². The van der Waals surface area contributed by atoms with Crippen LogP contribution < -0.4 is 11.1 Å². The second-order valence-electron chi connectivity index (χ2n) is 3.52. The van der Waals surface area contributed by atoms with E-state index in [0.717, 1.165) is 18.5 Å². The number of halogens is 2. The first kappa shape index (κ1) is 13.5. The molecule has 2 nitrogen and oxygen atoms in total. The molecule has 1 rings (SSSR count). The molecule has 0 aliphatic heterocycles. The molecule has 0 amide bonds. The molecule has 0 spiro atoms. The number of hydrogen-bond acceptors (Lipinski definition) is 2. The van der Waals surface area contributed by atoms with Gasteiger partial charge in [-0.2, -0.15) is 0 Å². The third-order valence-corrected chi connectivity index (χ3v) is 2.70. The van der Waals surface area contributed by atoms with Gasteiger partial charge in [-0.3, -0.25) is 0 Å².